The van der Waals surface area contributed by atoms with Gasteiger partial charge in [-0.25, -0.2) is 4.90 Å². The van der Waals surface area contributed by atoms with Crippen LogP contribution in [0.1, 0.15) is 24.0 Å². The normalized spacial score (nSPS) is 31.2. The maximum Gasteiger partial charge on any atom is 0.419 e. The van der Waals surface area contributed by atoms with E-state index < -0.39 is 46.6 Å². The quantitative estimate of drug-likeness (QED) is 0.788. The lowest BCUT2D eigenvalue weighted by Crippen LogP contribution is -2.56. The Morgan fingerprint density at radius 3 is 2.44 bits per heavy atom. The van der Waals surface area contributed by atoms with E-state index in [0.29, 0.717) is 11.4 Å². The molecule has 4 aliphatic rings. The molecule has 4 atom stereocenters. The van der Waals surface area contributed by atoms with Gasteiger partial charge in [0.25, 0.3) is 0 Å². The fourth-order valence-corrected chi connectivity index (χ4v) is 4.50. The van der Waals surface area contributed by atoms with Crippen molar-refractivity contribution in [1.29, 1.82) is 5.26 Å². The molecule has 3 aliphatic heterocycles. The Kier molecular flexibility index (Phi) is 3.41. The van der Waals surface area contributed by atoms with Crippen LogP contribution in [0.15, 0.2) is 18.2 Å². The highest BCUT2D eigenvalue weighted by molar-refractivity contribution is 6.23. The molecule has 2 bridgehead atoms. The third-order valence-electron chi connectivity index (χ3n) is 5.52. The number of carbonyl (C=O) groups excluding carboxylic acids is 2. The molecule has 1 aliphatic carbocycles. The van der Waals surface area contributed by atoms with Crippen LogP contribution in [-0.4, -0.2) is 24.4 Å². The van der Waals surface area contributed by atoms with E-state index in [-0.39, 0.29) is 12.0 Å². The van der Waals surface area contributed by atoms with Crippen molar-refractivity contribution < 1.29 is 22.8 Å². The molecule has 5 rings (SSSR count). The summed E-state index contributed by atoms with van der Waals surface area (Å²) in [6, 6.07) is 4.72. The summed E-state index contributed by atoms with van der Waals surface area (Å²) in [6.07, 6.45) is -3.31. The average Bonchev–Trinajstić information content (AvgIpc) is 2.87. The number of imide groups is 1. The summed E-state index contributed by atoms with van der Waals surface area (Å²) in [6.45, 7) is 0.600. The standard InChI is InChI=1S/C17H14F3N3O2/c18-17(19,20)14-8(6-21)2-1-3-11(14)23-15(24)12-9-4-5-10(22-7-9)13(12)16(23)25/h1-3,9-10,12-13,22H,4-5,7H2. The lowest BCUT2D eigenvalue weighted by molar-refractivity contribution is -0.137. The Morgan fingerprint density at radius 2 is 1.88 bits per heavy atom. The van der Waals surface area contributed by atoms with Gasteiger partial charge in [-0.3, -0.25) is 9.59 Å². The van der Waals surface area contributed by atoms with Gasteiger partial charge in [0.05, 0.1) is 34.7 Å². The summed E-state index contributed by atoms with van der Waals surface area (Å²) in [5.41, 5.74) is -2.35. The number of hydrogen-bond acceptors (Lipinski definition) is 4. The number of alkyl halides is 3. The van der Waals surface area contributed by atoms with Crippen molar-refractivity contribution in [3.05, 3.63) is 29.3 Å². The number of benzene rings is 1. The minimum absolute atomic E-state index is 0.0371. The summed E-state index contributed by atoms with van der Waals surface area (Å²) in [5.74, 6) is -2.40. The zero-order valence-corrected chi connectivity index (χ0v) is 13.0. The number of carbonyl (C=O) groups is 2. The van der Waals surface area contributed by atoms with E-state index in [0.717, 1.165) is 25.0 Å². The molecule has 1 saturated carbocycles. The molecule has 3 heterocycles. The van der Waals surface area contributed by atoms with Gasteiger partial charge in [-0.2, -0.15) is 18.4 Å². The molecule has 4 unspecified atom stereocenters. The molecule has 25 heavy (non-hydrogen) atoms. The van der Waals surface area contributed by atoms with Crippen LogP contribution in [0.3, 0.4) is 0 Å². The number of amides is 2. The second kappa shape index (κ2) is 5.30. The smallest absolute Gasteiger partial charge is 0.313 e. The molecule has 0 aromatic heterocycles. The fourth-order valence-electron chi connectivity index (χ4n) is 4.50. The topological polar surface area (TPSA) is 73.2 Å². The minimum atomic E-state index is -4.84. The van der Waals surface area contributed by atoms with Crippen molar-refractivity contribution in [1.82, 2.24) is 5.32 Å². The number of nitriles is 1. The van der Waals surface area contributed by atoms with Gasteiger partial charge in [-0.05, 0) is 37.4 Å². The van der Waals surface area contributed by atoms with Gasteiger partial charge in [0, 0.05) is 6.04 Å². The van der Waals surface area contributed by atoms with E-state index >= 15 is 0 Å². The van der Waals surface area contributed by atoms with Crippen LogP contribution < -0.4 is 10.2 Å². The van der Waals surface area contributed by atoms with E-state index in [1.54, 1.807) is 0 Å². The predicted molar refractivity (Wildman–Crippen MR) is 80.1 cm³/mol. The molecule has 1 N–H and O–H groups in total. The van der Waals surface area contributed by atoms with Crippen molar-refractivity contribution in [3.63, 3.8) is 0 Å². The van der Waals surface area contributed by atoms with E-state index in [4.69, 9.17) is 5.26 Å². The Hall–Kier alpha value is -2.40. The van der Waals surface area contributed by atoms with Crippen molar-refractivity contribution >= 4 is 17.5 Å². The molecule has 5 nitrogen and oxygen atoms in total. The Labute approximate surface area is 141 Å². The molecule has 130 valence electrons. The number of nitrogens with zero attached hydrogens (tertiary/aromatic N) is 2. The highest BCUT2D eigenvalue weighted by Crippen LogP contribution is 2.48. The Bertz CT molecular complexity index is 776. The first-order valence-electron chi connectivity index (χ1n) is 8.06. The van der Waals surface area contributed by atoms with E-state index in [2.05, 4.69) is 5.32 Å². The van der Waals surface area contributed by atoms with Crippen LogP contribution in [-0.2, 0) is 15.8 Å². The van der Waals surface area contributed by atoms with Crippen molar-refractivity contribution in [2.75, 3.05) is 11.4 Å². The summed E-state index contributed by atoms with van der Waals surface area (Å²) < 4.78 is 40.6. The third-order valence-corrected chi connectivity index (χ3v) is 5.52. The number of anilines is 1. The average molecular weight is 349 g/mol. The SMILES string of the molecule is N#Cc1cccc(N2C(=O)C3C4CCC(NC4)C3C2=O)c1C(F)(F)F. The predicted octanol–water partition coefficient (Wildman–Crippen LogP) is 2.06. The summed E-state index contributed by atoms with van der Waals surface area (Å²) in [4.78, 5) is 26.3. The molecule has 4 fully saturated rings. The maximum absolute atomic E-state index is 13.5. The number of hydrogen-bond donors (Lipinski definition) is 1. The molecule has 1 aromatic rings. The van der Waals surface area contributed by atoms with E-state index in [1.807, 2.05) is 0 Å². The van der Waals surface area contributed by atoms with E-state index in [1.165, 1.54) is 12.1 Å². The summed E-state index contributed by atoms with van der Waals surface area (Å²) in [7, 11) is 0. The molecule has 8 heteroatoms. The number of halogens is 3. The molecule has 1 aromatic carbocycles. The zero-order chi connectivity index (χ0) is 17.9. The van der Waals surface area contributed by atoms with Crippen LogP contribution >= 0.6 is 0 Å². The minimum Gasteiger partial charge on any atom is -0.313 e. The lowest BCUT2D eigenvalue weighted by atomic mass is 9.67. The first-order chi connectivity index (χ1) is 11.8. The van der Waals surface area contributed by atoms with Crippen molar-refractivity contribution in [2.45, 2.75) is 25.1 Å². The number of fused-ring (bicyclic) bond motifs is 2. The van der Waals surface area contributed by atoms with Crippen LogP contribution in [0, 0.1) is 29.1 Å². The number of piperidine rings is 2. The molecule has 0 radical (unpaired) electrons. The fraction of sp³-hybridized carbons (Fsp3) is 0.471. The van der Waals surface area contributed by atoms with Gasteiger partial charge in [0.2, 0.25) is 11.8 Å². The third kappa shape index (κ3) is 2.19. The number of rotatable bonds is 1. The van der Waals surface area contributed by atoms with Crippen LogP contribution in [0.5, 0.6) is 0 Å². The number of nitrogens with one attached hydrogen (secondary N) is 1. The van der Waals surface area contributed by atoms with Gasteiger partial charge in [-0.1, -0.05) is 6.07 Å². The van der Waals surface area contributed by atoms with Crippen molar-refractivity contribution in [2.24, 2.45) is 17.8 Å². The van der Waals surface area contributed by atoms with E-state index in [9.17, 15) is 22.8 Å². The Morgan fingerprint density at radius 1 is 1.16 bits per heavy atom. The van der Waals surface area contributed by atoms with Crippen LogP contribution in [0.2, 0.25) is 0 Å². The monoisotopic (exact) mass is 349 g/mol. The van der Waals surface area contributed by atoms with Crippen LogP contribution in [0.4, 0.5) is 18.9 Å². The van der Waals surface area contributed by atoms with Crippen molar-refractivity contribution in [3.8, 4) is 6.07 Å². The molecular formula is C17H14F3N3O2. The lowest BCUT2D eigenvalue weighted by Gasteiger charge is -2.43. The molecule has 3 saturated heterocycles. The van der Waals surface area contributed by atoms with Gasteiger partial charge in [-0.15, -0.1) is 0 Å². The summed E-state index contributed by atoms with van der Waals surface area (Å²) >= 11 is 0. The molecule has 2 amide bonds. The van der Waals surface area contributed by atoms with Gasteiger partial charge in [0.15, 0.2) is 0 Å². The summed E-state index contributed by atoms with van der Waals surface area (Å²) in [5, 5.41) is 12.2. The highest BCUT2D eigenvalue weighted by atomic mass is 19.4. The second-order valence-corrected chi connectivity index (χ2v) is 6.72. The first-order valence-corrected chi connectivity index (χ1v) is 8.06. The largest absolute Gasteiger partial charge is 0.419 e. The zero-order valence-electron chi connectivity index (χ0n) is 13.0. The molecular weight excluding hydrogens is 335 g/mol. The first kappa shape index (κ1) is 16.1. The molecule has 0 spiro atoms. The van der Waals surface area contributed by atoms with Gasteiger partial charge in [0.1, 0.15) is 0 Å². The Balaban J connectivity index is 1.85. The van der Waals surface area contributed by atoms with Gasteiger partial charge >= 0.3 is 6.18 Å². The second-order valence-electron chi connectivity index (χ2n) is 6.72. The highest BCUT2D eigenvalue weighted by Gasteiger charge is 2.59. The maximum atomic E-state index is 13.5. The van der Waals surface area contributed by atoms with Crippen LogP contribution in [0.25, 0.3) is 0 Å². The van der Waals surface area contributed by atoms with Gasteiger partial charge < -0.3 is 5.32 Å².